The van der Waals surface area contributed by atoms with Crippen LogP contribution in [0.25, 0.3) is 11.1 Å². The quantitative estimate of drug-likeness (QED) is 0.461. The zero-order valence-electron chi connectivity index (χ0n) is 16.8. The van der Waals surface area contributed by atoms with Gasteiger partial charge in [-0.1, -0.05) is 60.7 Å². The van der Waals surface area contributed by atoms with Crippen LogP contribution in [0.3, 0.4) is 0 Å². The van der Waals surface area contributed by atoms with Crippen molar-refractivity contribution >= 4 is 17.0 Å². The summed E-state index contributed by atoms with van der Waals surface area (Å²) in [6.07, 6.45) is 2.51. The van der Waals surface area contributed by atoms with Gasteiger partial charge in [0, 0.05) is 24.6 Å². The number of amides is 1. The Morgan fingerprint density at radius 2 is 1.60 bits per heavy atom. The molecular formula is C26H24N2O2. The molecule has 0 aliphatic carbocycles. The van der Waals surface area contributed by atoms with Crippen molar-refractivity contribution in [3.05, 3.63) is 101 Å². The highest BCUT2D eigenvalue weighted by molar-refractivity contribution is 5.96. The summed E-state index contributed by atoms with van der Waals surface area (Å²) in [5.41, 5.74) is 4.84. The van der Waals surface area contributed by atoms with E-state index in [0.29, 0.717) is 0 Å². The molecule has 1 amide bonds. The van der Waals surface area contributed by atoms with E-state index in [1.807, 2.05) is 65.6 Å². The molecular weight excluding hydrogens is 372 g/mol. The number of hydrogen-bond donors (Lipinski definition) is 0. The first-order valence-electron chi connectivity index (χ1n) is 10.5. The van der Waals surface area contributed by atoms with E-state index in [1.54, 1.807) is 0 Å². The predicted molar refractivity (Wildman–Crippen MR) is 118 cm³/mol. The minimum absolute atomic E-state index is 0.123. The van der Waals surface area contributed by atoms with E-state index in [-0.39, 0.29) is 11.8 Å². The summed E-state index contributed by atoms with van der Waals surface area (Å²) >= 11 is 0. The van der Waals surface area contributed by atoms with Crippen LogP contribution >= 0.6 is 0 Å². The average Bonchev–Trinajstić information content (AvgIpc) is 3.24. The van der Waals surface area contributed by atoms with E-state index >= 15 is 0 Å². The molecule has 1 saturated heterocycles. The van der Waals surface area contributed by atoms with Gasteiger partial charge in [-0.2, -0.15) is 0 Å². The van der Waals surface area contributed by atoms with Gasteiger partial charge in [0.05, 0.1) is 0 Å². The van der Waals surface area contributed by atoms with Crippen molar-refractivity contribution in [3.63, 3.8) is 0 Å². The van der Waals surface area contributed by atoms with Crippen molar-refractivity contribution in [2.24, 2.45) is 0 Å². The molecule has 0 radical (unpaired) electrons. The highest BCUT2D eigenvalue weighted by Crippen LogP contribution is 2.30. The van der Waals surface area contributed by atoms with Crippen molar-refractivity contribution in [1.29, 1.82) is 0 Å². The lowest BCUT2D eigenvalue weighted by atomic mass is 9.94. The Balaban J connectivity index is 1.29. The Morgan fingerprint density at radius 1 is 0.900 bits per heavy atom. The third-order valence-corrected chi connectivity index (χ3v) is 5.93. The maximum Gasteiger partial charge on any atom is 0.254 e. The molecule has 3 aromatic carbocycles. The number of carbonyl (C=O) groups is 1. The molecule has 0 unspecified atom stereocenters. The second-order valence-corrected chi connectivity index (χ2v) is 7.91. The SMILES string of the molecule is O=C(c1ccccc1Cc1ccccc1)N1CCC(c2nc3ccccc3o2)CC1. The van der Waals surface area contributed by atoms with Gasteiger partial charge in [0.2, 0.25) is 0 Å². The molecule has 0 bridgehead atoms. The highest BCUT2D eigenvalue weighted by atomic mass is 16.3. The monoisotopic (exact) mass is 396 g/mol. The van der Waals surface area contributed by atoms with Crippen LogP contribution in [-0.4, -0.2) is 28.9 Å². The fraction of sp³-hybridized carbons (Fsp3) is 0.231. The number of likely N-dealkylation sites (tertiary alicyclic amines) is 1. The largest absolute Gasteiger partial charge is 0.440 e. The minimum Gasteiger partial charge on any atom is -0.440 e. The molecule has 1 aliphatic rings. The molecule has 150 valence electrons. The first-order chi connectivity index (χ1) is 14.8. The number of rotatable bonds is 4. The molecule has 5 rings (SSSR count). The normalized spacial score (nSPS) is 14.9. The number of aromatic nitrogens is 1. The van der Waals surface area contributed by atoms with Crippen molar-refractivity contribution in [1.82, 2.24) is 9.88 Å². The Morgan fingerprint density at radius 3 is 2.40 bits per heavy atom. The van der Waals surface area contributed by atoms with Gasteiger partial charge in [-0.25, -0.2) is 4.98 Å². The Kier molecular flexibility index (Phi) is 5.06. The molecule has 2 heterocycles. The molecule has 0 spiro atoms. The summed E-state index contributed by atoms with van der Waals surface area (Å²) in [6, 6.07) is 26.1. The van der Waals surface area contributed by atoms with Gasteiger partial charge < -0.3 is 9.32 Å². The number of hydrogen-bond acceptors (Lipinski definition) is 3. The lowest BCUT2D eigenvalue weighted by Crippen LogP contribution is -2.38. The number of piperidine rings is 1. The summed E-state index contributed by atoms with van der Waals surface area (Å²) in [6.45, 7) is 1.45. The summed E-state index contributed by atoms with van der Waals surface area (Å²) in [5, 5.41) is 0. The van der Waals surface area contributed by atoms with Gasteiger partial charge >= 0.3 is 0 Å². The number of oxazole rings is 1. The van der Waals surface area contributed by atoms with E-state index in [1.165, 1.54) is 5.56 Å². The van der Waals surface area contributed by atoms with Gasteiger partial charge in [-0.15, -0.1) is 0 Å². The number of benzene rings is 3. The van der Waals surface area contributed by atoms with Gasteiger partial charge in [0.15, 0.2) is 11.5 Å². The summed E-state index contributed by atoms with van der Waals surface area (Å²) in [4.78, 5) is 19.9. The molecule has 30 heavy (non-hydrogen) atoms. The van der Waals surface area contributed by atoms with Crippen molar-refractivity contribution < 1.29 is 9.21 Å². The summed E-state index contributed by atoms with van der Waals surface area (Å²) in [7, 11) is 0. The fourth-order valence-electron chi connectivity index (χ4n) is 4.26. The van der Waals surface area contributed by atoms with E-state index in [9.17, 15) is 4.79 Å². The van der Waals surface area contributed by atoms with Crippen LogP contribution in [0.5, 0.6) is 0 Å². The van der Waals surface area contributed by atoms with Crippen molar-refractivity contribution in [3.8, 4) is 0 Å². The molecule has 1 fully saturated rings. The molecule has 4 heteroatoms. The highest BCUT2D eigenvalue weighted by Gasteiger charge is 2.28. The Hall–Kier alpha value is -3.40. The number of para-hydroxylation sites is 2. The topological polar surface area (TPSA) is 46.3 Å². The van der Waals surface area contributed by atoms with Crippen LogP contribution in [0, 0.1) is 0 Å². The first kappa shape index (κ1) is 18.6. The Labute approximate surface area is 176 Å². The molecule has 1 aliphatic heterocycles. The van der Waals surface area contributed by atoms with Crippen molar-refractivity contribution in [2.75, 3.05) is 13.1 Å². The lowest BCUT2D eigenvalue weighted by Gasteiger charge is -2.31. The van der Waals surface area contributed by atoms with Crippen LogP contribution in [-0.2, 0) is 6.42 Å². The third kappa shape index (κ3) is 3.73. The van der Waals surface area contributed by atoms with Crippen LogP contribution in [0.15, 0.2) is 83.3 Å². The van der Waals surface area contributed by atoms with E-state index in [2.05, 4.69) is 23.2 Å². The standard InChI is InChI=1S/C26H24N2O2/c29-26(22-11-5-4-10-21(22)18-19-8-2-1-3-9-19)28-16-14-20(15-17-28)25-27-23-12-6-7-13-24(23)30-25/h1-13,20H,14-18H2. The average molecular weight is 396 g/mol. The molecule has 0 saturated carbocycles. The molecule has 0 atom stereocenters. The van der Waals surface area contributed by atoms with Crippen LogP contribution < -0.4 is 0 Å². The zero-order valence-corrected chi connectivity index (χ0v) is 16.8. The van der Waals surface area contributed by atoms with Crippen LogP contribution in [0.1, 0.15) is 46.1 Å². The van der Waals surface area contributed by atoms with Gasteiger partial charge in [-0.3, -0.25) is 4.79 Å². The Bertz CT molecular complexity index is 1120. The fourth-order valence-corrected chi connectivity index (χ4v) is 4.26. The summed E-state index contributed by atoms with van der Waals surface area (Å²) in [5.74, 6) is 1.19. The lowest BCUT2D eigenvalue weighted by molar-refractivity contribution is 0.0705. The molecule has 4 aromatic rings. The predicted octanol–water partition coefficient (Wildman–Crippen LogP) is 5.44. The van der Waals surface area contributed by atoms with Crippen LogP contribution in [0.2, 0.25) is 0 Å². The summed E-state index contributed by atoms with van der Waals surface area (Å²) < 4.78 is 5.96. The van der Waals surface area contributed by atoms with E-state index in [0.717, 1.165) is 60.5 Å². The number of fused-ring (bicyclic) bond motifs is 1. The van der Waals surface area contributed by atoms with Gasteiger partial charge in [0.1, 0.15) is 5.52 Å². The minimum atomic E-state index is 0.123. The molecule has 0 N–H and O–H groups in total. The molecule has 1 aromatic heterocycles. The first-order valence-corrected chi connectivity index (χ1v) is 10.5. The maximum atomic E-state index is 13.3. The van der Waals surface area contributed by atoms with Crippen LogP contribution in [0.4, 0.5) is 0 Å². The molecule has 4 nitrogen and oxygen atoms in total. The van der Waals surface area contributed by atoms with Gasteiger partial charge in [-0.05, 0) is 48.6 Å². The number of carbonyl (C=O) groups excluding carboxylic acids is 1. The smallest absolute Gasteiger partial charge is 0.254 e. The van der Waals surface area contributed by atoms with Gasteiger partial charge in [0.25, 0.3) is 5.91 Å². The zero-order chi connectivity index (χ0) is 20.3. The number of nitrogens with zero attached hydrogens (tertiary/aromatic N) is 2. The van der Waals surface area contributed by atoms with E-state index < -0.39 is 0 Å². The maximum absolute atomic E-state index is 13.3. The third-order valence-electron chi connectivity index (χ3n) is 5.93. The second kappa shape index (κ2) is 8.15. The second-order valence-electron chi connectivity index (χ2n) is 7.91. The van der Waals surface area contributed by atoms with Crippen molar-refractivity contribution in [2.45, 2.75) is 25.2 Å². The van der Waals surface area contributed by atoms with E-state index in [4.69, 9.17) is 4.42 Å².